The molecule has 1 saturated heterocycles. The maximum Gasteiger partial charge on any atom is 0.262 e. The summed E-state index contributed by atoms with van der Waals surface area (Å²) in [6.45, 7) is 0. The Morgan fingerprint density at radius 2 is 1.82 bits per heavy atom. The molecular weight excluding hydrogens is 292 g/mol. The molecule has 0 spiro atoms. The van der Waals surface area contributed by atoms with E-state index in [0.717, 1.165) is 11.0 Å². The van der Waals surface area contributed by atoms with Crippen LogP contribution in [0.2, 0.25) is 0 Å². The number of ether oxygens (including phenoxy) is 1. The van der Waals surface area contributed by atoms with Gasteiger partial charge in [-0.1, -0.05) is 0 Å². The summed E-state index contributed by atoms with van der Waals surface area (Å²) in [7, 11) is 1.32. The monoisotopic (exact) mass is 304 g/mol. The number of fused-ring (bicyclic) bond motifs is 1. The van der Waals surface area contributed by atoms with Crippen LogP contribution >= 0.6 is 0 Å². The largest absolute Gasteiger partial charge is 0.504 e. The van der Waals surface area contributed by atoms with Crippen LogP contribution in [0.4, 0.5) is 0 Å². The third kappa shape index (κ3) is 1.92. The summed E-state index contributed by atoms with van der Waals surface area (Å²) in [5, 5.41) is 11.8. The van der Waals surface area contributed by atoms with E-state index in [9.17, 15) is 24.3 Å². The van der Waals surface area contributed by atoms with Crippen molar-refractivity contribution in [2.75, 3.05) is 7.11 Å². The molecule has 1 atom stereocenters. The molecule has 0 aliphatic carbocycles. The molecule has 0 saturated carbocycles. The van der Waals surface area contributed by atoms with Crippen molar-refractivity contribution >= 4 is 23.6 Å². The normalized spacial score (nSPS) is 21.0. The van der Waals surface area contributed by atoms with Gasteiger partial charge in [0.15, 0.2) is 11.5 Å². The molecule has 0 aromatic heterocycles. The van der Waals surface area contributed by atoms with Gasteiger partial charge in [0.05, 0.1) is 18.2 Å². The smallest absolute Gasteiger partial charge is 0.262 e. The standard InChI is InChI=1S/C14H12N2O6/c1-22-10-5-7-6(4-9(10)17)13(20)16(14(7)21)8-2-3-11(18)15-12(8)19/h4-5,8,17H,2-3H2,1H3,(H,15,18,19). The molecule has 8 nitrogen and oxygen atoms in total. The Balaban J connectivity index is 2.00. The molecule has 22 heavy (non-hydrogen) atoms. The molecule has 4 amide bonds. The predicted octanol–water partition coefficient (Wildman–Crippen LogP) is -0.198. The molecule has 2 aliphatic rings. The number of piperidine rings is 1. The highest BCUT2D eigenvalue weighted by Gasteiger charge is 2.45. The first-order valence-corrected chi connectivity index (χ1v) is 6.56. The highest BCUT2D eigenvalue weighted by molar-refractivity contribution is 6.23. The fourth-order valence-corrected chi connectivity index (χ4v) is 2.65. The van der Waals surface area contributed by atoms with Crippen LogP contribution in [0.15, 0.2) is 12.1 Å². The SMILES string of the molecule is COc1cc2c(cc1O)C(=O)N(C1CCC(=O)NC1=O)C2=O. The Morgan fingerprint density at radius 3 is 2.41 bits per heavy atom. The van der Waals surface area contributed by atoms with Crippen molar-refractivity contribution in [2.45, 2.75) is 18.9 Å². The predicted molar refractivity (Wildman–Crippen MR) is 71.3 cm³/mol. The summed E-state index contributed by atoms with van der Waals surface area (Å²) < 4.78 is 4.91. The Kier molecular flexibility index (Phi) is 3.09. The number of benzene rings is 1. The summed E-state index contributed by atoms with van der Waals surface area (Å²) in [4.78, 5) is 48.7. The third-order valence-corrected chi connectivity index (χ3v) is 3.74. The van der Waals surface area contributed by atoms with E-state index < -0.39 is 29.7 Å². The van der Waals surface area contributed by atoms with Gasteiger partial charge in [-0.15, -0.1) is 0 Å². The molecule has 3 rings (SSSR count). The lowest BCUT2D eigenvalue weighted by atomic mass is 10.0. The van der Waals surface area contributed by atoms with Crippen LogP contribution in [0.25, 0.3) is 0 Å². The number of carbonyl (C=O) groups is 4. The topological polar surface area (TPSA) is 113 Å². The summed E-state index contributed by atoms with van der Waals surface area (Å²) in [6, 6.07) is 1.37. The van der Waals surface area contributed by atoms with Crippen LogP contribution in [0, 0.1) is 0 Å². The zero-order valence-electron chi connectivity index (χ0n) is 11.6. The fourth-order valence-electron chi connectivity index (χ4n) is 2.65. The summed E-state index contributed by atoms with van der Waals surface area (Å²) in [6.07, 6.45) is 0.137. The molecule has 114 valence electrons. The number of hydrogen-bond acceptors (Lipinski definition) is 6. The average molecular weight is 304 g/mol. The number of imide groups is 2. The molecule has 2 aliphatic heterocycles. The number of carbonyl (C=O) groups excluding carboxylic acids is 4. The molecular formula is C14H12N2O6. The molecule has 0 radical (unpaired) electrons. The first kappa shape index (κ1) is 14.1. The number of phenolic OH excluding ortho intramolecular Hbond substituents is 1. The number of nitrogens with one attached hydrogen (secondary N) is 1. The lowest BCUT2D eigenvalue weighted by Gasteiger charge is -2.27. The van der Waals surface area contributed by atoms with Crippen LogP contribution in [-0.2, 0) is 9.59 Å². The Hall–Kier alpha value is -2.90. The summed E-state index contributed by atoms with van der Waals surface area (Å²) >= 11 is 0. The Bertz CT molecular complexity index is 726. The van der Waals surface area contributed by atoms with E-state index in [2.05, 4.69) is 5.32 Å². The highest BCUT2D eigenvalue weighted by atomic mass is 16.5. The summed E-state index contributed by atoms with van der Waals surface area (Å²) in [5.74, 6) is -2.64. The van der Waals surface area contributed by atoms with Crippen LogP contribution in [-0.4, -0.2) is 46.8 Å². The van der Waals surface area contributed by atoms with Crippen molar-refractivity contribution < 1.29 is 29.0 Å². The second kappa shape index (κ2) is 4.83. The molecule has 2 N–H and O–H groups in total. The fraction of sp³-hybridized carbons (Fsp3) is 0.286. The number of hydrogen-bond donors (Lipinski definition) is 2. The maximum absolute atomic E-state index is 12.4. The van der Waals surface area contributed by atoms with E-state index in [-0.39, 0.29) is 35.5 Å². The molecule has 1 aromatic rings. The minimum absolute atomic E-state index is 0.00741. The van der Waals surface area contributed by atoms with Gasteiger partial charge in [0.1, 0.15) is 6.04 Å². The second-order valence-corrected chi connectivity index (χ2v) is 5.02. The first-order chi connectivity index (χ1) is 10.4. The van der Waals surface area contributed by atoms with Crippen molar-refractivity contribution in [2.24, 2.45) is 0 Å². The van der Waals surface area contributed by atoms with Crippen LogP contribution in [0.3, 0.4) is 0 Å². The van der Waals surface area contributed by atoms with E-state index in [4.69, 9.17) is 4.74 Å². The van der Waals surface area contributed by atoms with Gasteiger partial charge in [-0.2, -0.15) is 0 Å². The van der Waals surface area contributed by atoms with Crippen molar-refractivity contribution in [3.8, 4) is 11.5 Å². The number of rotatable bonds is 2. The van der Waals surface area contributed by atoms with Crippen LogP contribution < -0.4 is 10.1 Å². The second-order valence-electron chi connectivity index (χ2n) is 5.02. The Labute approximate surface area is 124 Å². The minimum Gasteiger partial charge on any atom is -0.504 e. The van der Waals surface area contributed by atoms with Gasteiger partial charge in [0.2, 0.25) is 11.8 Å². The lowest BCUT2D eigenvalue weighted by Crippen LogP contribution is -2.54. The lowest BCUT2D eigenvalue weighted by molar-refractivity contribution is -0.136. The van der Waals surface area contributed by atoms with E-state index in [0.29, 0.717) is 0 Å². The molecule has 2 heterocycles. The molecule has 1 fully saturated rings. The summed E-state index contributed by atoms with van der Waals surface area (Å²) in [5.41, 5.74) is 0.0670. The van der Waals surface area contributed by atoms with Gasteiger partial charge in [0.25, 0.3) is 11.8 Å². The zero-order valence-corrected chi connectivity index (χ0v) is 11.6. The van der Waals surface area contributed by atoms with Crippen molar-refractivity contribution in [3.63, 3.8) is 0 Å². The van der Waals surface area contributed by atoms with Gasteiger partial charge in [-0.25, -0.2) is 0 Å². The van der Waals surface area contributed by atoms with Crippen LogP contribution in [0.1, 0.15) is 33.6 Å². The zero-order chi connectivity index (χ0) is 16.0. The number of methoxy groups -OCH3 is 1. The average Bonchev–Trinajstić information content (AvgIpc) is 2.70. The number of amides is 4. The first-order valence-electron chi connectivity index (χ1n) is 6.56. The molecule has 1 unspecified atom stereocenters. The van der Waals surface area contributed by atoms with Gasteiger partial charge in [-0.3, -0.25) is 29.4 Å². The third-order valence-electron chi connectivity index (χ3n) is 3.74. The number of phenols is 1. The quantitative estimate of drug-likeness (QED) is 0.732. The van der Waals surface area contributed by atoms with E-state index >= 15 is 0 Å². The molecule has 0 bridgehead atoms. The van der Waals surface area contributed by atoms with E-state index in [1.54, 1.807) is 0 Å². The van der Waals surface area contributed by atoms with E-state index in [1.807, 2.05) is 0 Å². The van der Waals surface area contributed by atoms with Crippen molar-refractivity contribution in [1.82, 2.24) is 10.2 Å². The Morgan fingerprint density at radius 1 is 1.18 bits per heavy atom. The van der Waals surface area contributed by atoms with E-state index in [1.165, 1.54) is 13.2 Å². The molecule has 8 heteroatoms. The van der Waals surface area contributed by atoms with Gasteiger partial charge in [0, 0.05) is 6.42 Å². The number of aromatic hydroxyl groups is 1. The number of nitrogens with zero attached hydrogens (tertiary/aromatic N) is 1. The maximum atomic E-state index is 12.4. The van der Waals surface area contributed by atoms with Gasteiger partial charge < -0.3 is 9.84 Å². The van der Waals surface area contributed by atoms with Crippen molar-refractivity contribution in [3.05, 3.63) is 23.3 Å². The molecule has 1 aromatic carbocycles. The minimum atomic E-state index is -1.03. The van der Waals surface area contributed by atoms with Crippen LogP contribution in [0.5, 0.6) is 11.5 Å². The highest BCUT2D eigenvalue weighted by Crippen LogP contribution is 2.35. The van der Waals surface area contributed by atoms with Crippen molar-refractivity contribution in [1.29, 1.82) is 0 Å². The van der Waals surface area contributed by atoms with Gasteiger partial charge >= 0.3 is 0 Å². The van der Waals surface area contributed by atoms with Gasteiger partial charge in [-0.05, 0) is 18.6 Å².